The lowest BCUT2D eigenvalue weighted by Gasteiger charge is -2.07. The third kappa shape index (κ3) is 2.65. The van der Waals surface area contributed by atoms with Gasteiger partial charge in [0.1, 0.15) is 17.2 Å². The second kappa shape index (κ2) is 5.14. The molecule has 0 aliphatic heterocycles. The van der Waals surface area contributed by atoms with Crippen LogP contribution in [0.25, 0.3) is 0 Å². The van der Waals surface area contributed by atoms with Crippen LogP contribution >= 0.6 is 11.6 Å². The molecule has 2 aromatic rings. The number of halogens is 3. The number of hydrogen-bond donors (Lipinski definition) is 1. The Labute approximate surface area is 107 Å². The van der Waals surface area contributed by atoms with Crippen molar-refractivity contribution in [1.29, 1.82) is 0 Å². The van der Waals surface area contributed by atoms with Gasteiger partial charge in [0, 0.05) is 10.7 Å². The molecule has 1 amide bonds. The fourth-order valence-corrected chi connectivity index (χ4v) is 1.66. The van der Waals surface area contributed by atoms with Crippen LogP contribution in [0.1, 0.15) is 10.4 Å². The van der Waals surface area contributed by atoms with Gasteiger partial charge in [-0.25, -0.2) is 8.78 Å². The first-order chi connectivity index (χ1) is 8.58. The lowest BCUT2D eigenvalue weighted by molar-refractivity contribution is 0.101. The Balaban J connectivity index is 2.28. The molecule has 0 saturated heterocycles. The van der Waals surface area contributed by atoms with Crippen molar-refractivity contribution in [2.75, 3.05) is 5.32 Å². The zero-order valence-electron chi connectivity index (χ0n) is 9.08. The molecule has 0 aliphatic rings. The van der Waals surface area contributed by atoms with Crippen LogP contribution in [0.15, 0.2) is 42.5 Å². The summed E-state index contributed by atoms with van der Waals surface area (Å²) in [4.78, 5) is 11.7. The van der Waals surface area contributed by atoms with Gasteiger partial charge in [-0.2, -0.15) is 0 Å². The third-order valence-corrected chi connectivity index (χ3v) is 2.51. The summed E-state index contributed by atoms with van der Waals surface area (Å²) in [6.07, 6.45) is 0. The van der Waals surface area contributed by atoms with Gasteiger partial charge in [0.05, 0.1) is 0 Å². The van der Waals surface area contributed by atoms with Gasteiger partial charge in [0.15, 0.2) is 0 Å². The number of rotatable bonds is 2. The molecule has 0 radical (unpaired) electrons. The molecule has 0 unspecified atom stereocenters. The number of benzene rings is 2. The smallest absolute Gasteiger partial charge is 0.261 e. The molecule has 2 rings (SSSR count). The van der Waals surface area contributed by atoms with Gasteiger partial charge in [-0.3, -0.25) is 4.79 Å². The van der Waals surface area contributed by atoms with E-state index in [4.69, 9.17) is 11.6 Å². The molecule has 0 aliphatic carbocycles. The van der Waals surface area contributed by atoms with Crippen LogP contribution in [0.4, 0.5) is 14.5 Å². The molecule has 0 heterocycles. The summed E-state index contributed by atoms with van der Waals surface area (Å²) in [6.45, 7) is 0. The maximum Gasteiger partial charge on any atom is 0.261 e. The highest BCUT2D eigenvalue weighted by molar-refractivity contribution is 6.30. The van der Waals surface area contributed by atoms with Crippen molar-refractivity contribution in [1.82, 2.24) is 0 Å². The predicted molar refractivity (Wildman–Crippen MR) is 65.8 cm³/mol. The molecule has 92 valence electrons. The van der Waals surface area contributed by atoms with Crippen LogP contribution in [-0.4, -0.2) is 5.91 Å². The lowest BCUT2D eigenvalue weighted by Crippen LogP contribution is -2.15. The van der Waals surface area contributed by atoms with E-state index in [1.165, 1.54) is 12.1 Å². The number of amides is 1. The highest BCUT2D eigenvalue weighted by Crippen LogP contribution is 2.18. The molecule has 0 aromatic heterocycles. The topological polar surface area (TPSA) is 29.1 Å². The van der Waals surface area contributed by atoms with Crippen LogP contribution in [-0.2, 0) is 0 Å². The first-order valence-corrected chi connectivity index (χ1v) is 5.46. The minimum absolute atomic E-state index is 0.371. The van der Waals surface area contributed by atoms with E-state index < -0.39 is 23.1 Å². The van der Waals surface area contributed by atoms with E-state index in [0.29, 0.717) is 10.7 Å². The molecule has 2 nitrogen and oxygen atoms in total. The van der Waals surface area contributed by atoms with E-state index in [1.807, 2.05) is 0 Å². The normalized spacial score (nSPS) is 10.2. The molecular formula is C13H8ClF2NO. The van der Waals surface area contributed by atoms with Gasteiger partial charge in [-0.05, 0) is 30.3 Å². The van der Waals surface area contributed by atoms with E-state index in [0.717, 1.165) is 12.1 Å². The van der Waals surface area contributed by atoms with Gasteiger partial charge in [0.25, 0.3) is 5.91 Å². The Morgan fingerprint density at radius 1 is 1.06 bits per heavy atom. The molecule has 0 atom stereocenters. The molecule has 0 saturated carbocycles. The van der Waals surface area contributed by atoms with E-state index >= 15 is 0 Å². The van der Waals surface area contributed by atoms with Crippen molar-refractivity contribution in [2.24, 2.45) is 0 Å². The third-order valence-electron chi connectivity index (χ3n) is 2.27. The summed E-state index contributed by atoms with van der Waals surface area (Å²) in [5.74, 6) is -2.67. The Bertz CT molecular complexity index is 581. The zero-order valence-corrected chi connectivity index (χ0v) is 9.84. The highest BCUT2D eigenvalue weighted by Gasteiger charge is 2.16. The van der Waals surface area contributed by atoms with E-state index in [1.54, 1.807) is 18.2 Å². The molecule has 0 bridgehead atoms. The second-order valence-corrected chi connectivity index (χ2v) is 4.00. The predicted octanol–water partition coefficient (Wildman–Crippen LogP) is 3.87. The Morgan fingerprint density at radius 3 is 2.28 bits per heavy atom. The fourth-order valence-electron chi connectivity index (χ4n) is 1.47. The summed E-state index contributed by atoms with van der Waals surface area (Å²) in [7, 11) is 0. The summed E-state index contributed by atoms with van der Waals surface area (Å²) < 4.78 is 26.7. The zero-order chi connectivity index (χ0) is 13.1. The van der Waals surface area contributed by atoms with Crippen molar-refractivity contribution >= 4 is 23.2 Å². The molecular weight excluding hydrogens is 260 g/mol. The first-order valence-electron chi connectivity index (χ1n) is 5.09. The Hall–Kier alpha value is -1.94. The van der Waals surface area contributed by atoms with Crippen LogP contribution in [0.3, 0.4) is 0 Å². The number of nitrogens with one attached hydrogen (secondary N) is 1. The Kier molecular flexibility index (Phi) is 3.58. The quantitative estimate of drug-likeness (QED) is 0.879. The molecule has 18 heavy (non-hydrogen) atoms. The van der Waals surface area contributed by atoms with Gasteiger partial charge in [0.2, 0.25) is 0 Å². The minimum atomic E-state index is -0.908. The van der Waals surface area contributed by atoms with Crippen molar-refractivity contribution in [2.45, 2.75) is 0 Å². The summed E-state index contributed by atoms with van der Waals surface area (Å²) in [5, 5.41) is 2.80. The molecule has 0 fully saturated rings. The fraction of sp³-hybridized carbons (Fsp3) is 0. The number of hydrogen-bond acceptors (Lipinski definition) is 1. The minimum Gasteiger partial charge on any atom is -0.322 e. The van der Waals surface area contributed by atoms with E-state index in [9.17, 15) is 13.6 Å². The molecule has 1 N–H and O–H groups in total. The van der Waals surface area contributed by atoms with Gasteiger partial charge < -0.3 is 5.32 Å². The highest BCUT2D eigenvalue weighted by atomic mass is 35.5. The standard InChI is InChI=1S/C13H8ClF2NO/c14-8-3-1-4-9(7-8)17-13(18)12-10(15)5-2-6-11(12)16/h1-7H,(H,17,18). The largest absolute Gasteiger partial charge is 0.322 e. The summed E-state index contributed by atoms with van der Waals surface area (Å²) in [6, 6.07) is 9.55. The molecule has 2 aromatic carbocycles. The second-order valence-electron chi connectivity index (χ2n) is 3.56. The monoisotopic (exact) mass is 267 g/mol. The molecule has 0 spiro atoms. The van der Waals surface area contributed by atoms with Crippen molar-refractivity contribution in [3.63, 3.8) is 0 Å². The maximum atomic E-state index is 13.4. The first kappa shape index (κ1) is 12.5. The van der Waals surface area contributed by atoms with E-state index in [2.05, 4.69) is 5.32 Å². The maximum absolute atomic E-state index is 13.4. The Morgan fingerprint density at radius 2 is 1.67 bits per heavy atom. The van der Waals surface area contributed by atoms with Crippen molar-refractivity contribution < 1.29 is 13.6 Å². The van der Waals surface area contributed by atoms with Crippen LogP contribution < -0.4 is 5.32 Å². The summed E-state index contributed by atoms with van der Waals surface area (Å²) >= 11 is 5.74. The van der Waals surface area contributed by atoms with Crippen molar-refractivity contribution in [3.8, 4) is 0 Å². The average molecular weight is 268 g/mol. The van der Waals surface area contributed by atoms with Crippen LogP contribution in [0.2, 0.25) is 5.02 Å². The van der Waals surface area contributed by atoms with Gasteiger partial charge in [-0.15, -0.1) is 0 Å². The van der Waals surface area contributed by atoms with E-state index in [-0.39, 0.29) is 0 Å². The van der Waals surface area contributed by atoms with Gasteiger partial charge >= 0.3 is 0 Å². The molecule has 5 heteroatoms. The number of anilines is 1. The average Bonchev–Trinajstić information content (AvgIpc) is 2.28. The summed E-state index contributed by atoms with van der Waals surface area (Å²) in [5.41, 5.74) is -0.243. The number of carbonyl (C=O) groups excluding carboxylic acids is 1. The van der Waals surface area contributed by atoms with Crippen LogP contribution in [0, 0.1) is 11.6 Å². The van der Waals surface area contributed by atoms with Crippen LogP contribution in [0.5, 0.6) is 0 Å². The lowest BCUT2D eigenvalue weighted by atomic mass is 10.2. The SMILES string of the molecule is O=C(Nc1cccc(Cl)c1)c1c(F)cccc1F. The van der Waals surface area contributed by atoms with Crippen molar-refractivity contribution in [3.05, 3.63) is 64.7 Å². The van der Waals surface area contributed by atoms with Gasteiger partial charge in [-0.1, -0.05) is 23.7 Å². The number of carbonyl (C=O) groups is 1.